The molecule has 39 heavy (non-hydrogen) atoms. The second-order valence-electron chi connectivity index (χ2n) is 9.87. The normalized spacial score (nSPS) is 11.7. The van der Waals surface area contributed by atoms with E-state index in [1.165, 1.54) is 10.8 Å². The molecule has 0 aliphatic rings. The summed E-state index contributed by atoms with van der Waals surface area (Å²) in [6.07, 6.45) is 0. The molecule has 0 atom stereocenters. The molecular formula is C34H23N5. The molecule has 0 unspecified atom stereocenters. The first-order valence-corrected chi connectivity index (χ1v) is 13.1. The largest absolute Gasteiger partial charge is 0.354 e. The number of rotatable bonds is 3. The summed E-state index contributed by atoms with van der Waals surface area (Å²) < 4.78 is 0. The fraction of sp³-hybridized carbons (Fsp3) is 0.0294. The van der Waals surface area contributed by atoms with Crippen molar-refractivity contribution in [2.45, 2.75) is 6.92 Å². The van der Waals surface area contributed by atoms with Gasteiger partial charge >= 0.3 is 0 Å². The SMILES string of the molecule is Cc1nc(-c2ccccc2-c2cccc3[nH]c4ccccc4c23)nc(-c2cccc3[nH]c4ccccc4c23)n1. The van der Waals surface area contributed by atoms with Crippen molar-refractivity contribution < 1.29 is 0 Å². The summed E-state index contributed by atoms with van der Waals surface area (Å²) in [5.74, 6) is 2.03. The molecule has 0 saturated carbocycles. The van der Waals surface area contributed by atoms with E-state index in [1.54, 1.807) is 0 Å². The van der Waals surface area contributed by atoms with Crippen LogP contribution in [-0.4, -0.2) is 24.9 Å². The van der Waals surface area contributed by atoms with Gasteiger partial charge in [-0.05, 0) is 42.3 Å². The van der Waals surface area contributed by atoms with Crippen molar-refractivity contribution >= 4 is 43.6 Å². The van der Waals surface area contributed by atoms with E-state index in [-0.39, 0.29) is 0 Å². The first-order chi connectivity index (χ1) is 19.2. The molecule has 2 N–H and O–H groups in total. The highest BCUT2D eigenvalue weighted by molar-refractivity contribution is 6.15. The summed E-state index contributed by atoms with van der Waals surface area (Å²) in [6.45, 7) is 1.94. The highest BCUT2D eigenvalue weighted by atomic mass is 15.0. The summed E-state index contributed by atoms with van der Waals surface area (Å²) >= 11 is 0. The maximum Gasteiger partial charge on any atom is 0.164 e. The van der Waals surface area contributed by atoms with Crippen molar-refractivity contribution in [2.75, 3.05) is 0 Å². The molecule has 8 rings (SSSR count). The average Bonchev–Trinajstić information content (AvgIpc) is 3.55. The Balaban J connectivity index is 1.37. The number of hydrogen-bond donors (Lipinski definition) is 2. The van der Waals surface area contributed by atoms with E-state index >= 15 is 0 Å². The highest BCUT2D eigenvalue weighted by Gasteiger charge is 2.18. The molecule has 0 amide bonds. The minimum absolute atomic E-state index is 0.668. The van der Waals surface area contributed by atoms with Gasteiger partial charge < -0.3 is 9.97 Å². The maximum absolute atomic E-state index is 5.08. The predicted molar refractivity (Wildman–Crippen MR) is 160 cm³/mol. The van der Waals surface area contributed by atoms with Crippen LogP contribution in [0.1, 0.15) is 5.82 Å². The zero-order chi connectivity index (χ0) is 25.9. The smallest absolute Gasteiger partial charge is 0.164 e. The molecule has 0 radical (unpaired) electrons. The Morgan fingerprint density at radius 3 is 1.54 bits per heavy atom. The van der Waals surface area contributed by atoms with E-state index in [9.17, 15) is 0 Å². The number of aryl methyl sites for hydroxylation is 1. The Morgan fingerprint density at radius 1 is 0.410 bits per heavy atom. The van der Waals surface area contributed by atoms with Crippen LogP contribution in [0.25, 0.3) is 77.5 Å². The van der Waals surface area contributed by atoms with Gasteiger partial charge in [0.1, 0.15) is 5.82 Å². The Labute approximate surface area is 224 Å². The van der Waals surface area contributed by atoms with Gasteiger partial charge in [-0.25, -0.2) is 15.0 Å². The summed E-state index contributed by atoms with van der Waals surface area (Å²) in [7, 11) is 0. The zero-order valence-electron chi connectivity index (χ0n) is 21.2. The first kappa shape index (κ1) is 21.8. The van der Waals surface area contributed by atoms with E-state index in [4.69, 9.17) is 15.0 Å². The van der Waals surface area contributed by atoms with E-state index in [0.29, 0.717) is 17.5 Å². The van der Waals surface area contributed by atoms with Crippen LogP contribution in [0.3, 0.4) is 0 Å². The minimum atomic E-state index is 0.668. The van der Waals surface area contributed by atoms with Crippen molar-refractivity contribution in [3.05, 3.63) is 115 Å². The molecule has 5 nitrogen and oxygen atoms in total. The van der Waals surface area contributed by atoms with Crippen molar-refractivity contribution in [3.8, 4) is 33.9 Å². The lowest BCUT2D eigenvalue weighted by Crippen LogP contribution is -2.01. The van der Waals surface area contributed by atoms with Crippen molar-refractivity contribution in [1.82, 2.24) is 24.9 Å². The maximum atomic E-state index is 5.08. The molecule has 3 aromatic heterocycles. The molecule has 0 bridgehead atoms. The number of fused-ring (bicyclic) bond motifs is 6. The van der Waals surface area contributed by atoms with Crippen LogP contribution in [0.5, 0.6) is 0 Å². The third kappa shape index (κ3) is 3.37. The molecule has 0 aliphatic heterocycles. The van der Waals surface area contributed by atoms with Gasteiger partial charge in [0.25, 0.3) is 0 Å². The fourth-order valence-corrected chi connectivity index (χ4v) is 5.85. The van der Waals surface area contributed by atoms with Crippen molar-refractivity contribution in [3.63, 3.8) is 0 Å². The molecule has 0 saturated heterocycles. The van der Waals surface area contributed by atoms with Crippen molar-refractivity contribution in [1.29, 1.82) is 0 Å². The molecule has 0 fully saturated rings. The van der Waals surface area contributed by atoms with E-state index in [2.05, 4.69) is 107 Å². The number of para-hydroxylation sites is 2. The van der Waals surface area contributed by atoms with E-state index < -0.39 is 0 Å². The van der Waals surface area contributed by atoms with Crippen LogP contribution in [0.15, 0.2) is 109 Å². The lowest BCUT2D eigenvalue weighted by atomic mass is 9.95. The minimum Gasteiger partial charge on any atom is -0.354 e. The van der Waals surface area contributed by atoms with Crippen LogP contribution in [0.2, 0.25) is 0 Å². The summed E-state index contributed by atoms with van der Waals surface area (Å²) in [5, 5.41) is 4.70. The van der Waals surface area contributed by atoms with Gasteiger partial charge in [-0.1, -0.05) is 84.9 Å². The molecule has 8 aromatic rings. The van der Waals surface area contributed by atoms with Gasteiger partial charge in [0.2, 0.25) is 0 Å². The Hall–Kier alpha value is -5.29. The predicted octanol–water partition coefficient (Wildman–Crippen LogP) is 8.45. The Morgan fingerprint density at radius 2 is 0.872 bits per heavy atom. The van der Waals surface area contributed by atoms with Crippen LogP contribution in [0.4, 0.5) is 0 Å². The van der Waals surface area contributed by atoms with Crippen LogP contribution in [0, 0.1) is 6.92 Å². The Bertz CT molecular complexity index is 2200. The summed E-state index contributed by atoms with van der Waals surface area (Å²) in [6, 6.07) is 37.9. The number of benzene rings is 5. The summed E-state index contributed by atoms with van der Waals surface area (Å²) in [4.78, 5) is 21.8. The Kier molecular flexibility index (Phi) is 4.67. The van der Waals surface area contributed by atoms with Gasteiger partial charge in [0.15, 0.2) is 11.6 Å². The molecule has 184 valence electrons. The van der Waals surface area contributed by atoms with E-state index in [0.717, 1.165) is 55.1 Å². The highest BCUT2D eigenvalue weighted by Crippen LogP contribution is 2.39. The molecule has 5 aromatic carbocycles. The standard InChI is InChI=1S/C34H23N5/c1-20-35-33(39-34(36-20)26-15-9-19-30-32(26)25-13-5-7-17-28(25)38-30)23-11-3-2-10-21(23)22-14-8-18-29-31(22)24-12-4-6-16-27(24)37-29/h2-19,37-38H,1H3. The van der Waals surface area contributed by atoms with Gasteiger partial charge in [-0.15, -0.1) is 0 Å². The summed E-state index contributed by atoms with van der Waals surface area (Å²) in [5.41, 5.74) is 8.63. The second-order valence-corrected chi connectivity index (χ2v) is 9.87. The lowest BCUT2D eigenvalue weighted by molar-refractivity contribution is 0.994. The van der Waals surface area contributed by atoms with Gasteiger partial charge in [0.05, 0.1) is 0 Å². The second kappa shape index (κ2) is 8.36. The number of H-pyrrole nitrogens is 2. The molecule has 0 spiro atoms. The van der Waals surface area contributed by atoms with Crippen molar-refractivity contribution in [2.24, 2.45) is 0 Å². The average molecular weight is 502 g/mol. The lowest BCUT2D eigenvalue weighted by Gasteiger charge is -2.12. The van der Waals surface area contributed by atoms with Crippen LogP contribution < -0.4 is 0 Å². The molecule has 5 heteroatoms. The first-order valence-electron chi connectivity index (χ1n) is 13.1. The molecular weight excluding hydrogens is 478 g/mol. The number of nitrogens with zero attached hydrogens (tertiary/aromatic N) is 3. The van der Waals surface area contributed by atoms with Crippen LogP contribution in [-0.2, 0) is 0 Å². The van der Waals surface area contributed by atoms with Gasteiger partial charge in [-0.3, -0.25) is 0 Å². The quantitative estimate of drug-likeness (QED) is 0.255. The molecule has 3 heterocycles. The number of nitrogens with one attached hydrogen (secondary N) is 2. The van der Waals surface area contributed by atoms with Gasteiger partial charge in [0, 0.05) is 54.7 Å². The molecule has 0 aliphatic carbocycles. The third-order valence-corrected chi connectivity index (χ3v) is 7.51. The zero-order valence-corrected chi connectivity index (χ0v) is 21.2. The van der Waals surface area contributed by atoms with Crippen LogP contribution >= 0.6 is 0 Å². The number of aromatic nitrogens is 5. The third-order valence-electron chi connectivity index (χ3n) is 7.51. The number of hydrogen-bond acceptors (Lipinski definition) is 3. The van der Waals surface area contributed by atoms with Gasteiger partial charge in [-0.2, -0.15) is 0 Å². The topological polar surface area (TPSA) is 70.2 Å². The fourth-order valence-electron chi connectivity index (χ4n) is 5.85. The monoisotopic (exact) mass is 501 g/mol. The number of aromatic amines is 2. The van der Waals surface area contributed by atoms with E-state index in [1.807, 2.05) is 19.1 Å².